The van der Waals surface area contributed by atoms with Crippen molar-refractivity contribution in [2.45, 2.75) is 11.8 Å². The Balaban J connectivity index is 2.31. The summed E-state index contributed by atoms with van der Waals surface area (Å²) in [4.78, 5) is 34.7. The van der Waals surface area contributed by atoms with Crippen molar-refractivity contribution in [2.75, 3.05) is 5.32 Å². The van der Waals surface area contributed by atoms with E-state index < -0.39 is 34.6 Å². The molecule has 9 heteroatoms. The summed E-state index contributed by atoms with van der Waals surface area (Å²) in [7, 11) is 0. The molecule has 1 aromatic rings. The van der Waals surface area contributed by atoms with Crippen LogP contribution in [0.15, 0.2) is 24.3 Å². The molecule has 1 spiro atoms. The quantitative estimate of drug-likeness (QED) is 0.422. The molecule has 20 heavy (non-hydrogen) atoms. The lowest BCUT2D eigenvalue weighted by molar-refractivity contribution is -0.242. The molecule has 4 amide bonds. The molecule has 2 N–H and O–H groups in total. The number of amides is 4. The Morgan fingerprint density at radius 2 is 1.60 bits per heavy atom. The topological polar surface area (TPSA) is 78.5 Å². The van der Waals surface area contributed by atoms with Gasteiger partial charge in [0.1, 0.15) is 0 Å². The summed E-state index contributed by atoms with van der Waals surface area (Å²) in [5.74, 6) is -2.53. The lowest BCUT2D eigenvalue weighted by Crippen LogP contribution is -2.57. The first kappa shape index (κ1) is 12.5. The largest absolute Gasteiger partial charge is 0.490 e. The lowest BCUT2D eigenvalue weighted by Gasteiger charge is -2.30. The van der Waals surface area contributed by atoms with Gasteiger partial charge in [-0.1, -0.05) is 18.2 Å². The molecule has 1 unspecified atom stereocenters. The number of alkyl halides is 3. The van der Waals surface area contributed by atoms with Gasteiger partial charge in [-0.05, 0) is 6.07 Å². The molecule has 1 fully saturated rings. The molecule has 0 bridgehead atoms. The number of nitrogens with zero attached hydrogens (tertiary/aromatic N) is 1. The highest BCUT2D eigenvalue weighted by atomic mass is 19.4. The predicted octanol–water partition coefficient (Wildman–Crippen LogP) is 0.906. The number of para-hydroxylation sites is 1. The molecule has 3 rings (SSSR count). The van der Waals surface area contributed by atoms with Crippen LogP contribution in [0.25, 0.3) is 0 Å². The number of anilines is 1. The highest BCUT2D eigenvalue weighted by molar-refractivity contribution is 6.26. The van der Waals surface area contributed by atoms with E-state index in [1.807, 2.05) is 0 Å². The van der Waals surface area contributed by atoms with Gasteiger partial charge in [-0.25, -0.2) is 9.69 Å². The average molecular weight is 285 g/mol. The van der Waals surface area contributed by atoms with Crippen molar-refractivity contribution in [1.29, 1.82) is 0 Å². The second-order valence-corrected chi connectivity index (χ2v) is 4.27. The van der Waals surface area contributed by atoms with Crippen molar-refractivity contribution in [3.63, 3.8) is 0 Å². The van der Waals surface area contributed by atoms with Crippen LogP contribution in [0, 0.1) is 0 Å². The molecular weight excluding hydrogens is 279 g/mol. The Bertz CT molecular complexity index is 658. The van der Waals surface area contributed by atoms with E-state index in [0.717, 1.165) is 0 Å². The summed E-state index contributed by atoms with van der Waals surface area (Å²) in [6, 6.07) is 3.75. The molecule has 0 aromatic heterocycles. The molecule has 2 aliphatic rings. The van der Waals surface area contributed by atoms with E-state index in [0.29, 0.717) is 0 Å². The first-order chi connectivity index (χ1) is 9.29. The highest BCUT2D eigenvalue weighted by Gasteiger charge is 2.70. The zero-order valence-corrected chi connectivity index (χ0v) is 9.62. The van der Waals surface area contributed by atoms with Gasteiger partial charge in [0, 0.05) is 11.3 Å². The third-order valence-corrected chi connectivity index (χ3v) is 3.23. The van der Waals surface area contributed by atoms with Crippen molar-refractivity contribution in [2.24, 2.45) is 0 Å². The first-order valence-corrected chi connectivity index (χ1v) is 5.43. The van der Waals surface area contributed by atoms with E-state index in [-0.39, 0.29) is 11.3 Å². The molecule has 1 saturated heterocycles. The van der Waals surface area contributed by atoms with E-state index in [1.54, 1.807) is 5.32 Å². The van der Waals surface area contributed by atoms with Gasteiger partial charge in [0.05, 0.1) is 0 Å². The van der Waals surface area contributed by atoms with E-state index >= 15 is 0 Å². The van der Waals surface area contributed by atoms with E-state index in [1.165, 1.54) is 24.3 Å². The number of urea groups is 1. The van der Waals surface area contributed by atoms with Crippen molar-refractivity contribution < 1.29 is 27.6 Å². The average Bonchev–Trinajstić information content (AvgIpc) is 2.76. The predicted molar refractivity (Wildman–Crippen MR) is 58.2 cm³/mol. The minimum Gasteiger partial charge on any atom is -0.323 e. The SMILES string of the molecule is O=C1NC(=O)C2(C(=O)Nc3ccccc32)N1C(F)(F)F. The standard InChI is InChI=1S/C11H6F3N3O3/c12-11(13,14)17-9(20)16-8(19)10(17)5-3-1-2-4-6(5)15-7(10)18/h1-4H,(H,15,18)(H,16,19,20). The lowest BCUT2D eigenvalue weighted by atomic mass is 9.90. The number of carbonyl (C=O) groups excluding carboxylic acids is 3. The normalized spacial score (nSPS) is 24.9. The van der Waals surface area contributed by atoms with Gasteiger partial charge >= 0.3 is 12.3 Å². The second kappa shape index (κ2) is 3.50. The minimum atomic E-state index is -5.18. The van der Waals surface area contributed by atoms with E-state index in [2.05, 4.69) is 5.32 Å². The maximum atomic E-state index is 13.1. The van der Waals surface area contributed by atoms with Crippen LogP contribution in [0.5, 0.6) is 0 Å². The Kier molecular flexibility index (Phi) is 2.18. The smallest absolute Gasteiger partial charge is 0.323 e. The Labute approximate surface area is 109 Å². The Hall–Kier alpha value is -2.58. The Morgan fingerprint density at radius 3 is 2.25 bits per heavy atom. The van der Waals surface area contributed by atoms with Crippen LogP contribution in [0.4, 0.5) is 23.7 Å². The molecule has 2 aliphatic heterocycles. The second-order valence-electron chi connectivity index (χ2n) is 4.27. The van der Waals surface area contributed by atoms with Gasteiger partial charge in [-0.3, -0.25) is 14.9 Å². The summed E-state index contributed by atoms with van der Waals surface area (Å²) >= 11 is 0. The van der Waals surface area contributed by atoms with E-state index in [9.17, 15) is 27.6 Å². The molecule has 0 radical (unpaired) electrons. The van der Waals surface area contributed by atoms with Crippen molar-refractivity contribution in [3.05, 3.63) is 29.8 Å². The highest BCUT2D eigenvalue weighted by Crippen LogP contribution is 2.47. The maximum absolute atomic E-state index is 13.1. The number of carbonyl (C=O) groups is 3. The summed E-state index contributed by atoms with van der Waals surface area (Å²) in [6.07, 6.45) is -5.18. The first-order valence-electron chi connectivity index (χ1n) is 5.43. The van der Waals surface area contributed by atoms with E-state index in [4.69, 9.17) is 0 Å². The maximum Gasteiger partial charge on any atom is 0.490 e. The number of rotatable bonds is 0. The summed E-state index contributed by atoms with van der Waals surface area (Å²) in [5.41, 5.74) is -2.87. The molecule has 6 nitrogen and oxygen atoms in total. The summed E-state index contributed by atoms with van der Waals surface area (Å²) in [6.45, 7) is 0. The molecule has 2 heterocycles. The van der Waals surface area contributed by atoms with Gasteiger partial charge in [0.15, 0.2) is 0 Å². The fourth-order valence-electron chi connectivity index (χ4n) is 2.49. The van der Waals surface area contributed by atoms with Gasteiger partial charge < -0.3 is 5.32 Å². The van der Waals surface area contributed by atoms with Crippen molar-refractivity contribution >= 4 is 23.5 Å². The van der Waals surface area contributed by atoms with Crippen LogP contribution in [0.1, 0.15) is 5.56 Å². The van der Waals surface area contributed by atoms with Crippen molar-refractivity contribution in [3.8, 4) is 0 Å². The Morgan fingerprint density at radius 1 is 1.00 bits per heavy atom. The van der Waals surface area contributed by atoms with Crippen molar-refractivity contribution in [1.82, 2.24) is 10.2 Å². The van der Waals surface area contributed by atoms with Gasteiger partial charge in [0.2, 0.25) is 5.54 Å². The van der Waals surface area contributed by atoms with Crippen LogP contribution in [0.2, 0.25) is 0 Å². The molecule has 1 aromatic carbocycles. The molecule has 0 saturated carbocycles. The van der Waals surface area contributed by atoms with Crippen LogP contribution in [-0.2, 0) is 15.1 Å². The number of halogens is 3. The zero-order chi connectivity index (χ0) is 14.7. The third kappa shape index (κ3) is 1.26. The molecular formula is C11H6F3N3O3. The fraction of sp³-hybridized carbons (Fsp3) is 0.182. The number of nitrogens with one attached hydrogen (secondary N) is 2. The molecule has 1 atom stereocenters. The zero-order valence-electron chi connectivity index (χ0n) is 9.62. The summed E-state index contributed by atoms with van der Waals surface area (Å²) < 4.78 is 39.2. The molecule has 104 valence electrons. The van der Waals surface area contributed by atoms with Gasteiger partial charge in [0.25, 0.3) is 11.8 Å². The monoisotopic (exact) mass is 285 g/mol. The number of hydrogen-bond acceptors (Lipinski definition) is 3. The number of fused-ring (bicyclic) bond motifs is 2. The number of imide groups is 1. The summed E-state index contributed by atoms with van der Waals surface area (Å²) in [5, 5.41) is 3.73. The fourth-order valence-corrected chi connectivity index (χ4v) is 2.49. The molecule has 0 aliphatic carbocycles. The number of hydrogen-bond donors (Lipinski definition) is 2. The van der Waals surface area contributed by atoms with Crippen LogP contribution in [-0.4, -0.2) is 29.0 Å². The minimum absolute atomic E-state index is 0.0663. The number of benzene rings is 1. The third-order valence-electron chi connectivity index (χ3n) is 3.23. The van der Waals surface area contributed by atoms with Gasteiger partial charge in [-0.15, -0.1) is 13.2 Å². The van der Waals surface area contributed by atoms with Crippen LogP contribution < -0.4 is 10.6 Å². The van der Waals surface area contributed by atoms with Crippen LogP contribution in [0.3, 0.4) is 0 Å². The van der Waals surface area contributed by atoms with Crippen LogP contribution >= 0.6 is 0 Å². The van der Waals surface area contributed by atoms with Gasteiger partial charge in [-0.2, -0.15) is 0 Å².